The van der Waals surface area contributed by atoms with Crippen LogP contribution in [0.2, 0.25) is 0 Å². The fourth-order valence-electron chi connectivity index (χ4n) is 2.15. The molecule has 0 aliphatic heterocycles. The monoisotopic (exact) mass is 327 g/mol. The minimum absolute atomic E-state index is 0.126. The van der Waals surface area contributed by atoms with Crippen molar-refractivity contribution < 1.29 is 27.5 Å². The Morgan fingerprint density at radius 1 is 1.22 bits per heavy atom. The minimum Gasteiger partial charge on any atom is -0.469 e. The number of carbonyl (C=O) groups excluding carboxylic acids is 1. The summed E-state index contributed by atoms with van der Waals surface area (Å²) < 4.78 is 43.7. The van der Waals surface area contributed by atoms with E-state index < -0.39 is 17.8 Å². The average molecular weight is 327 g/mol. The molecule has 0 saturated carbocycles. The number of furan rings is 1. The molecule has 0 bridgehead atoms. The summed E-state index contributed by atoms with van der Waals surface area (Å²) in [6.45, 7) is -0.288. The molecule has 1 amide bonds. The predicted molar refractivity (Wildman–Crippen MR) is 76.4 cm³/mol. The highest BCUT2D eigenvalue weighted by Crippen LogP contribution is 2.34. The van der Waals surface area contributed by atoms with E-state index in [1.54, 1.807) is 12.1 Å². The SMILES string of the molecule is O=C(CCc1ccco1)NC[C@@H](O)c1ccccc1C(F)(F)F. The Hall–Kier alpha value is -2.28. The molecule has 0 fully saturated rings. The van der Waals surface area contributed by atoms with Gasteiger partial charge in [0.05, 0.1) is 17.9 Å². The summed E-state index contributed by atoms with van der Waals surface area (Å²) in [7, 11) is 0. The lowest BCUT2D eigenvalue weighted by atomic mass is 10.0. The van der Waals surface area contributed by atoms with Gasteiger partial charge in [-0.1, -0.05) is 18.2 Å². The highest BCUT2D eigenvalue weighted by atomic mass is 19.4. The topological polar surface area (TPSA) is 62.5 Å². The third-order valence-corrected chi connectivity index (χ3v) is 3.30. The first-order valence-electron chi connectivity index (χ1n) is 7.01. The second-order valence-electron chi connectivity index (χ2n) is 4.98. The van der Waals surface area contributed by atoms with Gasteiger partial charge in [-0.05, 0) is 23.8 Å². The highest BCUT2D eigenvalue weighted by Gasteiger charge is 2.34. The van der Waals surface area contributed by atoms with E-state index in [4.69, 9.17) is 4.42 Å². The summed E-state index contributed by atoms with van der Waals surface area (Å²) in [5.74, 6) is 0.271. The van der Waals surface area contributed by atoms with Crippen LogP contribution in [0.5, 0.6) is 0 Å². The van der Waals surface area contributed by atoms with Crippen LogP contribution < -0.4 is 5.32 Å². The maximum absolute atomic E-state index is 12.9. The molecule has 1 heterocycles. The van der Waals surface area contributed by atoms with Crippen LogP contribution in [0.15, 0.2) is 47.1 Å². The fraction of sp³-hybridized carbons (Fsp3) is 0.312. The van der Waals surface area contributed by atoms with Crippen molar-refractivity contribution in [3.63, 3.8) is 0 Å². The van der Waals surface area contributed by atoms with Crippen molar-refractivity contribution in [2.24, 2.45) is 0 Å². The van der Waals surface area contributed by atoms with Crippen molar-refractivity contribution in [1.82, 2.24) is 5.32 Å². The molecule has 0 unspecified atom stereocenters. The normalized spacial score (nSPS) is 12.9. The Morgan fingerprint density at radius 2 is 1.96 bits per heavy atom. The van der Waals surface area contributed by atoms with Crippen molar-refractivity contribution in [2.75, 3.05) is 6.54 Å². The van der Waals surface area contributed by atoms with Gasteiger partial charge in [-0.15, -0.1) is 0 Å². The molecule has 0 saturated heterocycles. The summed E-state index contributed by atoms with van der Waals surface area (Å²) in [4.78, 5) is 11.7. The van der Waals surface area contributed by atoms with Gasteiger partial charge in [-0.2, -0.15) is 13.2 Å². The lowest BCUT2D eigenvalue weighted by Crippen LogP contribution is -2.29. The van der Waals surface area contributed by atoms with E-state index in [9.17, 15) is 23.1 Å². The number of benzene rings is 1. The first-order valence-corrected chi connectivity index (χ1v) is 7.01. The molecule has 2 rings (SSSR count). The molecule has 23 heavy (non-hydrogen) atoms. The first kappa shape index (κ1) is 17.1. The number of aryl methyl sites for hydroxylation is 1. The zero-order chi connectivity index (χ0) is 16.9. The molecule has 0 aliphatic rings. The smallest absolute Gasteiger partial charge is 0.416 e. The quantitative estimate of drug-likeness (QED) is 0.857. The second-order valence-corrected chi connectivity index (χ2v) is 4.98. The third kappa shape index (κ3) is 4.85. The van der Waals surface area contributed by atoms with Gasteiger partial charge in [0.2, 0.25) is 5.91 Å². The van der Waals surface area contributed by atoms with E-state index in [-0.39, 0.29) is 24.4 Å². The lowest BCUT2D eigenvalue weighted by molar-refractivity contribution is -0.139. The first-order chi connectivity index (χ1) is 10.9. The summed E-state index contributed by atoms with van der Waals surface area (Å²) >= 11 is 0. The van der Waals surface area contributed by atoms with Gasteiger partial charge in [0.15, 0.2) is 0 Å². The van der Waals surface area contributed by atoms with E-state index in [0.29, 0.717) is 12.2 Å². The van der Waals surface area contributed by atoms with Crippen LogP contribution in [-0.2, 0) is 17.4 Å². The molecule has 1 aromatic carbocycles. The van der Waals surface area contributed by atoms with Gasteiger partial charge in [0.1, 0.15) is 5.76 Å². The van der Waals surface area contributed by atoms with Crippen LogP contribution in [0.3, 0.4) is 0 Å². The van der Waals surface area contributed by atoms with Crippen molar-refractivity contribution in [3.05, 3.63) is 59.5 Å². The largest absolute Gasteiger partial charge is 0.469 e. The number of carbonyl (C=O) groups is 1. The number of nitrogens with one attached hydrogen (secondary N) is 1. The molecule has 1 atom stereocenters. The number of hydrogen-bond donors (Lipinski definition) is 2. The Kier molecular flexibility index (Phi) is 5.44. The summed E-state index contributed by atoms with van der Waals surface area (Å²) in [6.07, 6.45) is -3.98. The lowest BCUT2D eigenvalue weighted by Gasteiger charge is -2.17. The molecule has 4 nitrogen and oxygen atoms in total. The molecule has 1 aromatic heterocycles. The summed E-state index contributed by atoms with van der Waals surface area (Å²) in [6, 6.07) is 8.18. The van der Waals surface area contributed by atoms with Crippen molar-refractivity contribution >= 4 is 5.91 Å². The molecular formula is C16H16F3NO3. The molecular weight excluding hydrogens is 311 g/mol. The molecule has 2 aromatic rings. The Bertz CT molecular complexity index is 638. The van der Waals surface area contributed by atoms with Crippen LogP contribution in [0.1, 0.15) is 29.4 Å². The number of hydrogen-bond acceptors (Lipinski definition) is 3. The molecule has 0 aliphatic carbocycles. The molecule has 7 heteroatoms. The average Bonchev–Trinajstić information content (AvgIpc) is 3.03. The number of halogens is 3. The van der Waals surface area contributed by atoms with Crippen molar-refractivity contribution in [2.45, 2.75) is 25.1 Å². The van der Waals surface area contributed by atoms with Crippen LogP contribution >= 0.6 is 0 Å². The maximum Gasteiger partial charge on any atom is 0.416 e. The standard InChI is InChI=1S/C16H16F3NO3/c17-16(18,19)13-6-2-1-5-12(13)14(21)10-20-15(22)8-7-11-4-3-9-23-11/h1-6,9,14,21H,7-8,10H2,(H,20,22)/t14-/m1/s1. The number of alkyl halides is 3. The van der Waals surface area contributed by atoms with Crippen LogP contribution in [0, 0.1) is 0 Å². The fourth-order valence-corrected chi connectivity index (χ4v) is 2.15. The molecule has 0 radical (unpaired) electrons. The van der Waals surface area contributed by atoms with Crippen molar-refractivity contribution in [3.8, 4) is 0 Å². The van der Waals surface area contributed by atoms with E-state index in [2.05, 4.69) is 5.32 Å². The van der Waals surface area contributed by atoms with Gasteiger partial charge < -0.3 is 14.8 Å². The minimum atomic E-state index is -4.55. The van der Waals surface area contributed by atoms with Gasteiger partial charge in [0.25, 0.3) is 0 Å². The number of amides is 1. The van der Waals surface area contributed by atoms with E-state index >= 15 is 0 Å². The van der Waals surface area contributed by atoms with Gasteiger partial charge in [-0.3, -0.25) is 4.79 Å². The summed E-state index contributed by atoms with van der Waals surface area (Å²) in [5.41, 5.74) is -1.16. The second kappa shape index (κ2) is 7.32. The zero-order valence-corrected chi connectivity index (χ0v) is 12.1. The van der Waals surface area contributed by atoms with Crippen molar-refractivity contribution in [1.29, 1.82) is 0 Å². The predicted octanol–water partition coefficient (Wildman–Crippen LogP) is 3.08. The van der Waals surface area contributed by atoms with Crippen LogP contribution in [-0.4, -0.2) is 17.6 Å². The van der Waals surface area contributed by atoms with E-state index in [0.717, 1.165) is 6.07 Å². The Balaban J connectivity index is 1.89. The van der Waals surface area contributed by atoms with Crippen LogP contribution in [0.25, 0.3) is 0 Å². The zero-order valence-electron chi connectivity index (χ0n) is 12.1. The van der Waals surface area contributed by atoms with Gasteiger partial charge in [-0.25, -0.2) is 0 Å². The molecule has 0 spiro atoms. The van der Waals surface area contributed by atoms with Gasteiger partial charge in [0, 0.05) is 19.4 Å². The number of aliphatic hydroxyl groups is 1. The van der Waals surface area contributed by atoms with Gasteiger partial charge >= 0.3 is 6.18 Å². The number of aliphatic hydroxyl groups excluding tert-OH is 1. The Labute approximate surface area is 130 Å². The van der Waals surface area contributed by atoms with E-state index in [1.807, 2.05) is 0 Å². The molecule has 124 valence electrons. The maximum atomic E-state index is 12.9. The highest BCUT2D eigenvalue weighted by molar-refractivity contribution is 5.76. The number of rotatable bonds is 6. The van der Waals surface area contributed by atoms with E-state index in [1.165, 1.54) is 24.5 Å². The van der Waals surface area contributed by atoms with Crippen LogP contribution in [0.4, 0.5) is 13.2 Å². The summed E-state index contributed by atoms with van der Waals surface area (Å²) in [5, 5.41) is 12.4. The Morgan fingerprint density at radius 3 is 2.61 bits per heavy atom. The molecule has 2 N–H and O–H groups in total. The third-order valence-electron chi connectivity index (χ3n) is 3.30.